The first-order valence-corrected chi connectivity index (χ1v) is 6.45. The molecule has 98 valence electrons. The van der Waals surface area contributed by atoms with E-state index in [1.165, 1.54) is 11.8 Å². The lowest BCUT2D eigenvalue weighted by molar-refractivity contribution is -0.131. The lowest BCUT2D eigenvalue weighted by Crippen LogP contribution is -2.03. The quantitative estimate of drug-likeness (QED) is 0.640. The van der Waals surface area contributed by atoms with Crippen molar-refractivity contribution in [3.05, 3.63) is 35.4 Å². The van der Waals surface area contributed by atoms with Gasteiger partial charge < -0.3 is 9.84 Å². The first-order valence-electron chi connectivity index (χ1n) is 5.06. The molecule has 0 saturated carbocycles. The van der Waals surface area contributed by atoms with Gasteiger partial charge in [-0.05, 0) is 30.0 Å². The van der Waals surface area contributed by atoms with Crippen LogP contribution in [-0.2, 0) is 4.79 Å². The number of carboxylic acids is 1. The summed E-state index contributed by atoms with van der Waals surface area (Å²) in [6, 6.07) is 2.05. The molecule has 18 heavy (non-hydrogen) atoms. The van der Waals surface area contributed by atoms with E-state index in [1.807, 2.05) is 6.26 Å². The van der Waals surface area contributed by atoms with Crippen molar-refractivity contribution < 1.29 is 23.4 Å². The molecular weight excluding hydrogens is 262 g/mol. The monoisotopic (exact) mass is 274 g/mol. The third-order valence-corrected chi connectivity index (χ3v) is 2.55. The number of hydrogen-bond donors (Lipinski definition) is 1. The molecule has 1 rings (SSSR count). The van der Waals surface area contributed by atoms with Gasteiger partial charge in [-0.3, -0.25) is 0 Å². The van der Waals surface area contributed by atoms with Crippen molar-refractivity contribution in [1.29, 1.82) is 0 Å². The predicted molar refractivity (Wildman–Crippen MR) is 66.9 cm³/mol. The number of rotatable bonds is 6. The smallest absolute Gasteiger partial charge is 0.328 e. The minimum atomic E-state index is -1.18. The maximum absolute atomic E-state index is 13.5. The molecule has 0 fully saturated rings. The highest BCUT2D eigenvalue weighted by Crippen LogP contribution is 2.24. The molecule has 6 heteroatoms. The fourth-order valence-corrected chi connectivity index (χ4v) is 1.46. The highest BCUT2D eigenvalue weighted by Gasteiger charge is 2.11. The largest absolute Gasteiger partial charge is 0.487 e. The van der Waals surface area contributed by atoms with Crippen molar-refractivity contribution in [3.8, 4) is 5.75 Å². The fourth-order valence-electron chi connectivity index (χ4n) is 1.21. The molecule has 0 radical (unpaired) electrons. The van der Waals surface area contributed by atoms with E-state index < -0.39 is 23.4 Å². The van der Waals surface area contributed by atoms with Gasteiger partial charge in [0.1, 0.15) is 0 Å². The van der Waals surface area contributed by atoms with Gasteiger partial charge in [-0.1, -0.05) is 0 Å². The normalized spacial score (nSPS) is 10.8. The molecule has 0 spiro atoms. The lowest BCUT2D eigenvalue weighted by atomic mass is 10.2. The molecule has 1 aromatic rings. The molecule has 0 unspecified atom stereocenters. The first-order chi connectivity index (χ1) is 8.54. The van der Waals surface area contributed by atoms with Crippen molar-refractivity contribution in [3.63, 3.8) is 0 Å². The molecule has 0 aliphatic heterocycles. The lowest BCUT2D eigenvalue weighted by Gasteiger charge is -2.08. The van der Waals surface area contributed by atoms with Gasteiger partial charge in [0.2, 0.25) is 0 Å². The molecule has 0 aromatic heterocycles. The Morgan fingerprint density at radius 2 is 2.06 bits per heavy atom. The molecule has 0 aliphatic rings. The van der Waals surface area contributed by atoms with Gasteiger partial charge in [-0.25, -0.2) is 13.6 Å². The second-order valence-electron chi connectivity index (χ2n) is 3.33. The highest BCUT2D eigenvalue weighted by molar-refractivity contribution is 7.98. The van der Waals surface area contributed by atoms with E-state index in [1.54, 1.807) is 0 Å². The van der Waals surface area contributed by atoms with Crippen LogP contribution >= 0.6 is 11.8 Å². The summed E-state index contributed by atoms with van der Waals surface area (Å²) in [4.78, 5) is 10.3. The second-order valence-corrected chi connectivity index (χ2v) is 4.31. The predicted octanol–water partition coefficient (Wildman–Crippen LogP) is 2.80. The zero-order chi connectivity index (χ0) is 13.5. The third kappa shape index (κ3) is 4.37. The Bertz CT molecular complexity index is 438. The molecule has 0 bridgehead atoms. The Labute approximate surface area is 107 Å². The summed E-state index contributed by atoms with van der Waals surface area (Å²) >= 11 is 1.50. The van der Waals surface area contributed by atoms with Gasteiger partial charge in [0.15, 0.2) is 17.4 Å². The van der Waals surface area contributed by atoms with Crippen LogP contribution in [-0.4, -0.2) is 29.7 Å². The Balaban J connectivity index is 2.87. The molecular formula is C12H12F2O3S. The molecule has 0 saturated heterocycles. The average molecular weight is 274 g/mol. The van der Waals surface area contributed by atoms with Crippen LogP contribution in [0.4, 0.5) is 8.78 Å². The van der Waals surface area contributed by atoms with Gasteiger partial charge in [0.25, 0.3) is 0 Å². The van der Waals surface area contributed by atoms with Crippen molar-refractivity contribution in [2.24, 2.45) is 0 Å². The maximum atomic E-state index is 13.5. The number of hydrogen-bond acceptors (Lipinski definition) is 3. The molecule has 1 aromatic carbocycles. The highest BCUT2D eigenvalue weighted by atomic mass is 32.2. The average Bonchev–Trinajstić information content (AvgIpc) is 2.30. The Kier molecular flexibility index (Phi) is 5.64. The summed E-state index contributed by atoms with van der Waals surface area (Å²) in [6.07, 6.45) is 3.78. The summed E-state index contributed by atoms with van der Waals surface area (Å²) in [5.41, 5.74) is 0.129. The summed E-state index contributed by atoms with van der Waals surface area (Å²) in [5.74, 6) is -2.69. The Hall–Kier alpha value is -1.56. The van der Waals surface area contributed by atoms with Crippen LogP contribution in [0.5, 0.6) is 5.75 Å². The van der Waals surface area contributed by atoms with Crippen LogP contribution in [0.25, 0.3) is 6.08 Å². The number of carbonyl (C=O) groups is 1. The van der Waals surface area contributed by atoms with Gasteiger partial charge >= 0.3 is 5.97 Å². The molecule has 0 amide bonds. The van der Waals surface area contributed by atoms with Gasteiger partial charge in [-0.2, -0.15) is 11.8 Å². The van der Waals surface area contributed by atoms with Crippen LogP contribution in [0.1, 0.15) is 5.56 Å². The van der Waals surface area contributed by atoms with E-state index in [4.69, 9.17) is 9.84 Å². The van der Waals surface area contributed by atoms with E-state index in [2.05, 4.69) is 0 Å². The summed E-state index contributed by atoms with van der Waals surface area (Å²) in [5, 5.41) is 8.41. The summed E-state index contributed by atoms with van der Waals surface area (Å²) in [6.45, 7) is 0.208. The number of benzene rings is 1. The number of aliphatic carboxylic acids is 1. The van der Waals surface area contributed by atoms with Gasteiger partial charge in [0, 0.05) is 11.8 Å². The van der Waals surface area contributed by atoms with Crippen LogP contribution in [0.15, 0.2) is 18.2 Å². The van der Waals surface area contributed by atoms with Gasteiger partial charge in [-0.15, -0.1) is 0 Å². The fraction of sp³-hybridized carbons (Fsp3) is 0.250. The molecule has 1 N–H and O–H groups in total. The topological polar surface area (TPSA) is 46.5 Å². The van der Waals surface area contributed by atoms with Crippen molar-refractivity contribution in [1.82, 2.24) is 0 Å². The SMILES string of the molecule is CSCCOc1c(F)cc(/C=C/C(=O)O)cc1F. The minimum Gasteiger partial charge on any atom is -0.487 e. The number of carboxylic acid groups (broad SMARTS) is 1. The van der Waals surface area contributed by atoms with Crippen molar-refractivity contribution >= 4 is 23.8 Å². The minimum absolute atomic E-state index is 0.129. The number of halogens is 2. The van der Waals surface area contributed by atoms with Gasteiger partial charge in [0.05, 0.1) is 6.61 Å². The van der Waals surface area contributed by atoms with E-state index in [9.17, 15) is 13.6 Å². The number of thioether (sulfide) groups is 1. The standard InChI is InChI=1S/C12H12F2O3S/c1-18-5-4-17-12-9(13)6-8(7-10(12)14)2-3-11(15)16/h2-3,6-7H,4-5H2,1H3,(H,15,16)/b3-2+. The van der Waals surface area contributed by atoms with E-state index in [0.29, 0.717) is 5.75 Å². The number of ether oxygens (including phenoxy) is 1. The van der Waals surface area contributed by atoms with Crippen LogP contribution < -0.4 is 4.74 Å². The zero-order valence-corrected chi connectivity index (χ0v) is 10.5. The Morgan fingerprint density at radius 3 is 2.56 bits per heavy atom. The first kappa shape index (κ1) is 14.5. The third-order valence-electron chi connectivity index (χ3n) is 1.97. The molecule has 0 atom stereocenters. The molecule has 0 heterocycles. The van der Waals surface area contributed by atoms with E-state index in [0.717, 1.165) is 24.3 Å². The summed E-state index contributed by atoms with van der Waals surface area (Å²) in [7, 11) is 0. The maximum Gasteiger partial charge on any atom is 0.328 e. The Morgan fingerprint density at radius 1 is 1.44 bits per heavy atom. The van der Waals surface area contributed by atoms with Crippen molar-refractivity contribution in [2.75, 3.05) is 18.6 Å². The van der Waals surface area contributed by atoms with Crippen LogP contribution in [0.3, 0.4) is 0 Å². The molecule has 3 nitrogen and oxygen atoms in total. The van der Waals surface area contributed by atoms with E-state index >= 15 is 0 Å². The van der Waals surface area contributed by atoms with E-state index in [-0.39, 0.29) is 12.2 Å². The zero-order valence-electron chi connectivity index (χ0n) is 9.65. The second kappa shape index (κ2) is 7.00. The molecule has 0 aliphatic carbocycles. The van der Waals surface area contributed by atoms with Crippen LogP contribution in [0, 0.1) is 11.6 Å². The van der Waals surface area contributed by atoms with Crippen LogP contribution in [0.2, 0.25) is 0 Å². The summed E-state index contributed by atoms with van der Waals surface area (Å²) < 4.78 is 32.0. The van der Waals surface area contributed by atoms with Crippen molar-refractivity contribution in [2.45, 2.75) is 0 Å².